The Bertz CT molecular complexity index is 901. The number of aryl methyl sites for hydroxylation is 1. The highest BCUT2D eigenvalue weighted by Gasteiger charge is 2.18. The maximum Gasteiger partial charge on any atom is 0.273 e. The van der Waals surface area contributed by atoms with E-state index in [4.69, 9.17) is 9.47 Å². The first-order valence-corrected chi connectivity index (χ1v) is 8.21. The Labute approximate surface area is 152 Å². The molecule has 3 rings (SSSR count). The Morgan fingerprint density at radius 1 is 1.12 bits per heavy atom. The molecule has 0 spiro atoms. The van der Waals surface area contributed by atoms with Gasteiger partial charge in [-0.1, -0.05) is 29.8 Å². The number of methoxy groups -OCH3 is 2. The molecule has 0 saturated heterocycles. The van der Waals surface area contributed by atoms with E-state index in [9.17, 15) is 4.79 Å². The number of carbonyl (C=O) groups is 1. The fourth-order valence-corrected chi connectivity index (χ4v) is 2.64. The van der Waals surface area contributed by atoms with Gasteiger partial charge < -0.3 is 14.8 Å². The number of amides is 1. The van der Waals surface area contributed by atoms with Crippen molar-refractivity contribution in [3.63, 3.8) is 0 Å². The van der Waals surface area contributed by atoms with E-state index in [0.717, 1.165) is 16.8 Å². The van der Waals surface area contributed by atoms with Crippen molar-refractivity contribution in [2.45, 2.75) is 6.92 Å². The van der Waals surface area contributed by atoms with E-state index in [1.54, 1.807) is 13.3 Å². The van der Waals surface area contributed by atoms with Gasteiger partial charge in [0.15, 0.2) is 0 Å². The van der Waals surface area contributed by atoms with Crippen LogP contribution in [0.1, 0.15) is 16.1 Å². The number of ether oxygens (including phenoxy) is 2. The SMILES string of the molecule is COCNC(=O)c1cn(-c2ccc(C)cc2)c(-c2ccccc2OC)n1. The highest BCUT2D eigenvalue weighted by atomic mass is 16.5. The molecule has 1 heterocycles. The van der Waals surface area contributed by atoms with E-state index in [-0.39, 0.29) is 12.6 Å². The molecule has 1 N–H and O–H groups in total. The van der Waals surface area contributed by atoms with Crippen LogP contribution in [0.15, 0.2) is 54.7 Å². The average Bonchev–Trinajstić information content (AvgIpc) is 3.12. The summed E-state index contributed by atoms with van der Waals surface area (Å²) in [6, 6.07) is 15.6. The maximum absolute atomic E-state index is 12.3. The van der Waals surface area contributed by atoms with Crippen molar-refractivity contribution in [3.05, 3.63) is 66.0 Å². The third kappa shape index (κ3) is 3.60. The highest BCUT2D eigenvalue weighted by Crippen LogP contribution is 2.31. The Balaban J connectivity index is 2.13. The quantitative estimate of drug-likeness (QED) is 0.693. The van der Waals surface area contributed by atoms with Crippen molar-refractivity contribution in [1.82, 2.24) is 14.9 Å². The zero-order valence-corrected chi connectivity index (χ0v) is 15.0. The second-order valence-electron chi connectivity index (χ2n) is 5.79. The van der Waals surface area contributed by atoms with E-state index in [1.807, 2.05) is 60.0 Å². The summed E-state index contributed by atoms with van der Waals surface area (Å²) in [7, 11) is 3.13. The van der Waals surface area contributed by atoms with Gasteiger partial charge >= 0.3 is 0 Å². The van der Waals surface area contributed by atoms with Crippen LogP contribution in [0.2, 0.25) is 0 Å². The molecule has 0 aliphatic rings. The molecule has 0 radical (unpaired) electrons. The summed E-state index contributed by atoms with van der Waals surface area (Å²) in [5.41, 5.74) is 3.19. The average molecular weight is 351 g/mol. The number of aromatic nitrogens is 2. The summed E-state index contributed by atoms with van der Waals surface area (Å²) in [4.78, 5) is 16.9. The van der Waals surface area contributed by atoms with E-state index in [0.29, 0.717) is 17.3 Å². The molecule has 0 saturated carbocycles. The molecular formula is C20H21N3O3. The van der Waals surface area contributed by atoms with E-state index >= 15 is 0 Å². The van der Waals surface area contributed by atoms with Gasteiger partial charge in [-0.3, -0.25) is 9.36 Å². The lowest BCUT2D eigenvalue weighted by Gasteiger charge is -2.11. The number of carbonyl (C=O) groups excluding carboxylic acids is 1. The van der Waals surface area contributed by atoms with E-state index in [2.05, 4.69) is 10.3 Å². The zero-order valence-electron chi connectivity index (χ0n) is 15.0. The van der Waals surface area contributed by atoms with Crippen molar-refractivity contribution in [2.24, 2.45) is 0 Å². The molecule has 6 heteroatoms. The molecule has 2 aromatic carbocycles. The summed E-state index contributed by atoms with van der Waals surface area (Å²) in [6.45, 7) is 2.16. The van der Waals surface area contributed by atoms with Crippen LogP contribution >= 0.6 is 0 Å². The van der Waals surface area contributed by atoms with Crippen molar-refractivity contribution in [3.8, 4) is 22.8 Å². The smallest absolute Gasteiger partial charge is 0.273 e. The largest absolute Gasteiger partial charge is 0.496 e. The highest BCUT2D eigenvalue weighted by molar-refractivity contribution is 5.93. The number of rotatable bonds is 6. The summed E-state index contributed by atoms with van der Waals surface area (Å²) in [6.07, 6.45) is 1.72. The normalized spacial score (nSPS) is 10.6. The lowest BCUT2D eigenvalue weighted by Crippen LogP contribution is -2.25. The summed E-state index contributed by atoms with van der Waals surface area (Å²) in [5, 5.41) is 2.66. The van der Waals surface area contributed by atoms with Gasteiger partial charge in [0.05, 0.1) is 12.7 Å². The Morgan fingerprint density at radius 3 is 2.54 bits per heavy atom. The minimum absolute atomic E-state index is 0.125. The number of para-hydroxylation sites is 1. The third-order valence-corrected chi connectivity index (χ3v) is 3.98. The fraction of sp³-hybridized carbons (Fsp3) is 0.200. The van der Waals surface area contributed by atoms with Crippen LogP contribution in [0.4, 0.5) is 0 Å². The molecular weight excluding hydrogens is 330 g/mol. The van der Waals surface area contributed by atoms with Crippen LogP contribution in [-0.2, 0) is 4.74 Å². The number of hydrogen-bond donors (Lipinski definition) is 1. The first-order chi connectivity index (χ1) is 12.6. The number of hydrogen-bond acceptors (Lipinski definition) is 4. The molecule has 0 bridgehead atoms. The van der Waals surface area contributed by atoms with Crippen molar-refractivity contribution < 1.29 is 14.3 Å². The molecule has 0 unspecified atom stereocenters. The topological polar surface area (TPSA) is 65.4 Å². The summed E-state index contributed by atoms with van der Waals surface area (Å²) < 4.78 is 12.3. The predicted molar refractivity (Wildman–Crippen MR) is 99.6 cm³/mol. The third-order valence-electron chi connectivity index (χ3n) is 3.98. The minimum atomic E-state index is -0.297. The molecule has 3 aromatic rings. The van der Waals surface area contributed by atoms with Gasteiger partial charge in [-0.15, -0.1) is 0 Å². The summed E-state index contributed by atoms with van der Waals surface area (Å²) >= 11 is 0. The van der Waals surface area contributed by atoms with Crippen molar-refractivity contribution >= 4 is 5.91 Å². The van der Waals surface area contributed by atoms with Gasteiger partial charge in [0.25, 0.3) is 5.91 Å². The van der Waals surface area contributed by atoms with E-state index < -0.39 is 0 Å². The van der Waals surface area contributed by atoms with Crippen LogP contribution in [0.25, 0.3) is 17.1 Å². The first-order valence-electron chi connectivity index (χ1n) is 8.21. The van der Waals surface area contributed by atoms with Gasteiger partial charge in [-0.25, -0.2) is 4.98 Å². The van der Waals surface area contributed by atoms with Crippen LogP contribution in [0, 0.1) is 6.92 Å². The van der Waals surface area contributed by atoms with Crippen LogP contribution in [-0.4, -0.2) is 36.4 Å². The van der Waals surface area contributed by atoms with E-state index in [1.165, 1.54) is 7.11 Å². The second-order valence-corrected chi connectivity index (χ2v) is 5.79. The van der Waals surface area contributed by atoms with Gasteiger partial charge in [0, 0.05) is 19.0 Å². The van der Waals surface area contributed by atoms with Crippen molar-refractivity contribution in [1.29, 1.82) is 0 Å². The zero-order chi connectivity index (χ0) is 18.5. The number of nitrogens with one attached hydrogen (secondary N) is 1. The Hall–Kier alpha value is -3.12. The molecule has 26 heavy (non-hydrogen) atoms. The lowest BCUT2D eigenvalue weighted by atomic mass is 10.1. The molecule has 0 fully saturated rings. The maximum atomic E-state index is 12.3. The molecule has 0 atom stereocenters. The van der Waals surface area contributed by atoms with Crippen molar-refractivity contribution in [2.75, 3.05) is 21.0 Å². The Kier molecular flexibility index (Phi) is 5.34. The number of imidazole rings is 1. The monoisotopic (exact) mass is 351 g/mol. The second kappa shape index (κ2) is 7.84. The molecule has 0 aliphatic heterocycles. The molecule has 0 aliphatic carbocycles. The molecule has 1 amide bonds. The predicted octanol–water partition coefficient (Wildman–Crippen LogP) is 3.19. The fourth-order valence-electron chi connectivity index (χ4n) is 2.64. The van der Waals surface area contributed by atoms with Gasteiger partial charge in [-0.05, 0) is 31.2 Å². The summed E-state index contributed by atoms with van der Waals surface area (Å²) in [5.74, 6) is 1.03. The van der Waals surface area contributed by atoms with Crippen LogP contribution < -0.4 is 10.1 Å². The number of nitrogens with zero attached hydrogens (tertiary/aromatic N) is 2. The van der Waals surface area contributed by atoms with Crippen LogP contribution in [0.3, 0.4) is 0 Å². The first kappa shape index (κ1) is 17.7. The molecule has 1 aromatic heterocycles. The number of benzene rings is 2. The van der Waals surface area contributed by atoms with Gasteiger partial charge in [0.1, 0.15) is 24.0 Å². The Morgan fingerprint density at radius 2 is 1.85 bits per heavy atom. The minimum Gasteiger partial charge on any atom is -0.496 e. The van der Waals surface area contributed by atoms with Gasteiger partial charge in [-0.2, -0.15) is 0 Å². The van der Waals surface area contributed by atoms with Gasteiger partial charge in [0.2, 0.25) is 0 Å². The van der Waals surface area contributed by atoms with Crippen LogP contribution in [0.5, 0.6) is 5.75 Å². The lowest BCUT2D eigenvalue weighted by molar-refractivity contribution is 0.0867. The standard InChI is InChI=1S/C20H21N3O3/c1-14-8-10-15(11-9-14)23-12-17(20(24)21-13-25-2)22-19(23)16-6-4-5-7-18(16)26-3/h4-12H,13H2,1-3H3,(H,21,24). The molecule has 134 valence electrons. The molecule has 6 nitrogen and oxygen atoms in total.